The van der Waals surface area contributed by atoms with Crippen LogP contribution in [0.3, 0.4) is 0 Å². The summed E-state index contributed by atoms with van der Waals surface area (Å²) in [6, 6.07) is 3.25. The molecule has 0 aliphatic heterocycles. The van der Waals surface area contributed by atoms with Crippen molar-refractivity contribution in [1.82, 2.24) is 15.2 Å². The van der Waals surface area contributed by atoms with Crippen LogP contribution in [-0.4, -0.2) is 37.1 Å². The van der Waals surface area contributed by atoms with E-state index in [2.05, 4.69) is 15.2 Å². The van der Waals surface area contributed by atoms with Gasteiger partial charge in [-0.2, -0.15) is 0 Å². The van der Waals surface area contributed by atoms with Gasteiger partial charge >= 0.3 is 0 Å². The molecule has 0 spiro atoms. The van der Waals surface area contributed by atoms with Crippen LogP contribution in [0.1, 0.15) is 11.5 Å². The van der Waals surface area contributed by atoms with E-state index in [0.29, 0.717) is 17.9 Å². The number of nitrogens with one attached hydrogen (secondary N) is 1. The van der Waals surface area contributed by atoms with E-state index in [9.17, 15) is 8.78 Å². The first-order valence-corrected chi connectivity index (χ1v) is 6.75. The van der Waals surface area contributed by atoms with E-state index in [1.807, 2.05) is 14.1 Å². The quantitative estimate of drug-likeness (QED) is 0.849. The third-order valence-corrected chi connectivity index (χ3v) is 3.17. The molecule has 4 nitrogen and oxygen atoms in total. The Bertz CT molecular complexity index is 603. The summed E-state index contributed by atoms with van der Waals surface area (Å²) in [5.41, 5.74) is 1.08. The molecule has 0 aliphatic rings. The number of aryl methyl sites for hydroxylation is 1. The minimum atomic E-state index is -0.645. The van der Waals surface area contributed by atoms with Gasteiger partial charge in [0.1, 0.15) is 17.4 Å². The van der Waals surface area contributed by atoms with Crippen LogP contribution in [0.5, 0.6) is 0 Å². The largest absolute Gasteiger partial charge is 0.441 e. The van der Waals surface area contributed by atoms with Gasteiger partial charge in [0, 0.05) is 31.3 Å². The number of nitrogens with zero attached hydrogens (tertiary/aromatic N) is 2. The Morgan fingerprint density at radius 3 is 2.35 bits per heavy atom. The van der Waals surface area contributed by atoms with Crippen LogP contribution in [0.4, 0.5) is 8.78 Å². The SMILES string of the molecule is CNCCN(C)Cc1nc(-c2cc(F)cc(F)c2)oc1C.Cl.Cl. The molecule has 0 aliphatic carbocycles. The topological polar surface area (TPSA) is 41.3 Å². The van der Waals surface area contributed by atoms with Crippen molar-refractivity contribution in [3.8, 4) is 11.5 Å². The lowest BCUT2D eigenvalue weighted by atomic mass is 10.2. The van der Waals surface area contributed by atoms with Crippen molar-refractivity contribution in [2.24, 2.45) is 0 Å². The number of hydrogen-bond donors (Lipinski definition) is 1. The van der Waals surface area contributed by atoms with Crippen LogP contribution >= 0.6 is 24.8 Å². The summed E-state index contributed by atoms with van der Waals surface area (Å²) in [6.45, 7) is 4.16. The number of oxazole rings is 1. The highest BCUT2D eigenvalue weighted by molar-refractivity contribution is 5.85. The molecule has 0 saturated carbocycles. The summed E-state index contributed by atoms with van der Waals surface area (Å²) in [7, 11) is 3.87. The number of hydrogen-bond acceptors (Lipinski definition) is 4. The fourth-order valence-corrected chi connectivity index (χ4v) is 2.01. The Hall–Kier alpha value is -1.21. The summed E-state index contributed by atoms with van der Waals surface area (Å²) in [4.78, 5) is 6.44. The van der Waals surface area contributed by atoms with Crippen LogP contribution in [0.15, 0.2) is 22.6 Å². The van der Waals surface area contributed by atoms with Gasteiger partial charge in [0.25, 0.3) is 0 Å². The van der Waals surface area contributed by atoms with E-state index < -0.39 is 11.6 Å². The van der Waals surface area contributed by atoms with Crippen LogP contribution < -0.4 is 5.32 Å². The van der Waals surface area contributed by atoms with Gasteiger partial charge in [-0.15, -0.1) is 24.8 Å². The minimum absolute atomic E-state index is 0. The predicted molar refractivity (Wildman–Crippen MR) is 91.3 cm³/mol. The maximum absolute atomic E-state index is 13.2. The molecule has 2 aromatic rings. The molecular formula is C15H21Cl2F2N3O. The Kier molecular flexibility index (Phi) is 9.31. The smallest absolute Gasteiger partial charge is 0.226 e. The number of halogens is 4. The van der Waals surface area contributed by atoms with Crippen LogP contribution in [0.25, 0.3) is 11.5 Å². The zero-order valence-corrected chi connectivity index (χ0v) is 14.9. The minimum Gasteiger partial charge on any atom is -0.441 e. The Balaban J connectivity index is 0.00000242. The Morgan fingerprint density at radius 1 is 1.17 bits per heavy atom. The van der Waals surface area contributed by atoms with E-state index >= 15 is 0 Å². The highest BCUT2D eigenvalue weighted by atomic mass is 35.5. The summed E-state index contributed by atoms with van der Waals surface area (Å²) in [6.07, 6.45) is 0. The molecule has 8 heteroatoms. The molecule has 1 aromatic heterocycles. The first-order valence-electron chi connectivity index (χ1n) is 6.75. The molecule has 23 heavy (non-hydrogen) atoms. The lowest BCUT2D eigenvalue weighted by Gasteiger charge is -2.14. The molecule has 130 valence electrons. The van der Waals surface area contributed by atoms with E-state index in [-0.39, 0.29) is 30.7 Å². The van der Waals surface area contributed by atoms with Crippen molar-refractivity contribution in [1.29, 1.82) is 0 Å². The Labute approximate surface area is 147 Å². The molecule has 1 aromatic carbocycles. The zero-order chi connectivity index (χ0) is 15.4. The van der Waals surface area contributed by atoms with E-state index in [1.54, 1.807) is 6.92 Å². The molecule has 0 radical (unpaired) electrons. The molecule has 0 atom stereocenters. The predicted octanol–water partition coefficient (Wildman–Crippen LogP) is 3.42. The number of rotatable bonds is 6. The second kappa shape index (κ2) is 9.82. The van der Waals surface area contributed by atoms with Crippen molar-refractivity contribution in [3.05, 3.63) is 41.3 Å². The molecule has 0 fully saturated rings. The summed E-state index contributed by atoms with van der Waals surface area (Å²) < 4.78 is 32.0. The first-order chi connectivity index (χ1) is 9.99. The van der Waals surface area contributed by atoms with Gasteiger partial charge in [0.2, 0.25) is 5.89 Å². The number of likely N-dealkylation sites (N-methyl/N-ethyl adjacent to an activating group) is 2. The normalized spacial score (nSPS) is 10.3. The van der Waals surface area contributed by atoms with Crippen molar-refractivity contribution >= 4 is 24.8 Å². The van der Waals surface area contributed by atoms with Gasteiger partial charge in [0.05, 0.1) is 5.69 Å². The van der Waals surface area contributed by atoms with Crippen molar-refractivity contribution in [2.45, 2.75) is 13.5 Å². The second-order valence-electron chi connectivity index (χ2n) is 5.02. The van der Waals surface area contributed by atoms with E-state index in [1.165, 1.54) is 12.1 Å². The van der Waals surface area contributed by atoms with Crippen LogP contribution in [0, 0.1) is 18.6 Å². The highest BCUT2D eigenvalue weighted by Crippen LogP contribution is 2.24. The Morgan fingerprint density at radius 2 is 1.78 bits per heavy atom. The van der Waals surface area contributed by atoms with E-state index in [4.69, 9.17) is 4.42 Å². The van der Waals surface area contributed by atoms with Gasteiger partial charge in [-0.1, -0.05) is 0 Å². The van der Waals surface area contributed by atoms with E-state index in [0.717, 1.165) is 24.8 Å². The maximum Gasteiger partial charge on any atom is 0.226 e. The monoisotopic (exact) mass is 367 g/mol. The van der Waals surface area contributed by atoms with Crippen molar-refractivity contribution in [3.63, 3.8) is 0 Å². The van der Waals surface area contributed by atoms with Crippen molar-refractivity contribution < 1.29 is 13.2 Å². The number of aromatic nitrogens is 1. The standard InChI is InChI=1S/C15H19F2N3O.2ClH/c1-10-14(9-20(3)5-4-18-2)19-15(21-10)11-6-12(16)8-13(17)7-11;;/h6-8,18H,4-5,9H2,1-3H3;2*1H. The van der Waals surface area contributed by atoms with Gasteiger partial charge < -0.3 is 9.73 Å². The molecule has 2 rings (SSSR count). The molecule has 1 heterocycles. The number of benzene rings is 1. The first kappa shape index (κ1) is 21.8. The molecule has 0 amide bonds. The van der Waals surface area contributed by atoms with Crippen LogP contribution in [0.2, 0.25) is 0 Å². The third kappa shape index (κ3) is 6.06. The molecule has 0 bridgehead atoms. The maximum atomic E-state index is 13.2. The fraction of sp³-hybridized carbons (Fsp3) is 0.400. The highest BCUT2D eigenvalue weighted by Gasteiger charge is 2.14. The van der Waals surface area contributed by atoms with Crippen LogP contribution in [-0.2, 0) is 6.54 Å². The lowest BCUT2D eigenvalue weighted by molar-refractivity contribution is 0.322. The second-order valence-corrected chi connectivity index (χ2v) is 5.02. The summed E-state index contributed by atoms with van der Waals surface area (Å²) >= 11 is 0. The zero-order valence-electron chi connectivity index (χ0n) is 13.2. The summed E-state index contributed by atoms with van der Waals surface area (Å²) in [5.74, 6) is -0.393. The average Bonchev–Trinajstić information content (AvgIpc) is 2.77. The molecule has 1 N–H and O–H groups in total. The fourth-order valence-electron chi connectivity index (χ4n) is 2.01. The average molecular weight is 368 g/mol. The summed E-state index contributed by atoms with van der Waals surface area (Å²) in [5, 5.41) is 3.07. The third-order valence-electron chi connectivity index (χ3n) is 3.17. The molecule has 0 unspecified atom stereocenters. The van der Waals surface area contributed by atoms with Gasteiger partial charge in [-0.05, 0) is 33.2 Å². The van der Waals surface area contributed by atoms with Crippen molar-refractivity contribution in [2.75, 3.05) is 27.2 Å². The molecule has 0 saturated heterocycles. The lowest BCUT2D eigenvalue weighted by Crippen LogP contribution is -2.27. The van der Waals surface area contributed by atoms with Gasteiger partial charge in [0.15, 0.2) is 0 Å². The van der Waals surface area contributed by atoms with Gasteiger partial charge in [-0.25, -0.2) is 13.8 Å². The van der Waals surface area contributed by atoms with Gasteiger partial charge in [-0.3, -0.25) is 4.90 Å². The molecular weight excluding hydrogens is 347 g/mol.